The number of benzene rings is 1. The van der Waals surface area contributed by atoms with Gasteiger partial charge in [-0.1, -0.05) is 32.9 Å². The van der Waals surface area contributed by atoms with Crippen LogP contribution in [0.15, 0.2) is 23.1 Å². The third-order valence-electron chi connectivity index (χ3n) is 5.84. The number of aryl methyl sites for hydroxylation is 1. The normalized spacial score (nSPS) is 22.4. The Kier molecular flexibility index (Phi) is 6.17. The van der Waals surface area contributed by atoms with Gasteiger partial charge in [-0.15, -0.1) is 0 Å². The molecule has 0 aromatic heterocycles. The summed E-state index contributed by atoms with van der Waals surface area (Å²) in [5, 5.41) is 0. The average molecular weight is 409 g/mol. The molecule has 6 nitrogen and oxygen atoms in total. The van der Waals surface area contributed by atoms with E-state index in [0.29, 0.717) is 31.2 Å². The maximum Gasteiger partial charge on any atom is 0.264 e. The minimum Gasteiger partial charge on any atom is -0.381 e. The summed E-state index contributed by atoms with van der Waals surface area (Å²) in [5.74, 6) is -0.412. The number of hydrogen-bond donors (Lipinski definition) is 1. The van der Waals surface area contributed by atoms with E-state index in [-0.39, 0.29) is 16.4 Å². The smallest absolute Gasteiger partial charge is 0.264 e. The highest BCUT2D eigenvalue weighted by Gasteiger charge is 2.37. The molecule has 1 aromatic carbocycles. The quantitative estimate of drug-likeness (QED) is 0.829. The molecule has 1 atom stereocenters. The lowest BCUT2D eigenvalue weighted by molar-refractivity contribution is -0.125. The van der Waals surface area contributed by atoms with Crippen molar-refractivity contribution in [1.29, 1.82) is 0 Å². The molecule has 156 valence electrons. The topological polar surface area (TPSA) is 75.7 Å². The van der Waals surface area contributed by atoms with Gasteiger partial charge in [0.15, 0.2) is 0 Å². The zero-order valence-corrected chi connectivity index (χ0v) is 18.1. The van der Waals surface area contributed by atoms with Gasteiger partial charge >= 0.3 is 0 Å². The number of carbonyl (C=O) groups is 1. The van der Waals surface area contributed by atoms with Crippen LogP contribution in [0.25, 0.3) is 0 Å². The van der Waals surface area contributed by atoms with Crippen molar-refractivity contribution in [1.82, 2.24) is 9.62 Å². The Bertz CT molecular complexity index is 823. The monoisotopic (exact) mass is 408 g/mol. The van der Waals surface area contributed by atoms with Crippen molar-refractivity contribution in [3.8, 4) is 0 Å². The third kappa shape index (κ3) is 4.58. The predicted molar refractivity (Wildman–Crippen MR) is 109 cm³/mol. The second-order valence-corrected chi connectivity index (χ2v) is 10.6. The van der Waals surface area contributed by atoms with Crippen LogP contribution in [-0.4, -0.2) is 51.1 Å². The predicted octanol–water partition coefficient (Wildman–Crippen LogP) is 2.74. The van der Waals surface area contributed by atoms with E-state index in [4.69, 9.17) is 4.74 Å². The van der Waals surface area contributed by atoms with E-state index in [2.05, 4.69) is 9.62 Å². The van der Waals surface area contributed by atoms with Crippen molar-refractivity contribution in [2.75, 3.05) is 19.8 Å². The minimum absolute atomic E-state index is 0.173. The largest absolute Gasteiger partial charge is 0.381 e. The number of likely N-dealkylation sites (tertiary alicyclic amines) is 1. The molecule has 3 rings (SSSR count). The summed E-state index contributed by atoms with van der Waals surface area (Å²) in [6.07, 6.45) is 3.39. The highest BCUT2D eigenvalue weighted by Crippen LogP contribution is 2.28. The zero-order valence-electron chi connectivity index (χ0n) is 17.3. The van der Waals surface area contributed by atoms with Crippen LogP contribution in [0, 0.1) is 6.92 Å². The summed E-state index contributed by atoms with van der Waals surface area (Å²) in [4.78, 5) is 15.3. The van der Waals surface area contributed by atoms with Gasteiger partial charge in [-0.25, -0.2) is 13.1 Å². The molecular weight excluding hydrogens is 376 g/mol. The van der Waals surface area contributed by atoms with E-state index in [1.54, 1.807) is 13.0 Å². The standard InChI is InChI=1S/C21H32N2O4S/c1-15-7-8-16(21(2,3)4)14-19(15)28(25,26)22-20(24)18-6-5-11-23(18)17-9-12-27-13-10-17/h7-8,14,17-18H,5-6,9-13H2,1-4H3,(H,22,24)/t18-/m0/s1. The van der Waals surface area contributed by atoms with Crippen LogP contribution >= 0.6 is 0 Å². The molecule has 1 N–H and O–H groups in total. The summed E-state index contributed by atoms with van der Waals surface area (Å²) in [6, 6.07) is 5.35. The molecule has 0 saturated carbocycles. The van der Waals surface area contributed by atoms with Crippen molar-refractivity contribution in [3.05, 3.63) is 29.3 Å². The summed E-state index contributed by atoms with van der Waals surface area (Å²) >= 11 is 0. The molecule has 28 heavy (non-hydrogen) atoms. The Morgan fingerprint density at radius 1 is 1.18 bits per heavy atom. The van der Waals surface area contributed by atoms with Gasteiger partial charge in [-0.05, 0) is 61.8 Å². The van der Waals surface area contributed by atoms with Crippen LogP contribution in [0.1, 0.15) is 57.6 Å². The van der Waals surface area contributed by atoms with Crippen LogP contribution in [-0.2, 0) is 25.0 Å². The molecule has 2 fully saturated rings. The first-order valence-corrected chi connectivity index (χ1v) is 11.6. The minimum atomic E-state index is -3.92. The molecule has 2 heterocycles. The third-order valence-corrected chi connectivity index (χ3v) is 7.32. The van der Waals surface area contributed by atoms with Gasteiger partial charge in [0, 0.05) is 19.3 Å². The molecular formula is C21H32N2O4S. The first kappa shape index (κ1) is 21.3. The van der Waals surface area contributed by atoms with Gasteiger partial charge in [0.1, 0.15) is 0 Å². The first-order valence-electron chi connectivity index (χ1n) is 10.1. The fourth-order valence-corrected chi connectivity index (χ4v) is 5.42. The maximum absolute atomic E-state index is 13.0. The highest BCUT2D eigenvalue weighted by molar-refractivity contribution is 7.90. The van der Waals surface area contributed by atoms with Gasteiger partial charge in [-0.3, -0.25) is 9.69 Å². The van der Waals surface area contributed by atoms with Crippen LogP contribution < -0.4 is 4.72 Å². The Morgan fingerprint density at radius 2 is 1.86 bits per heavy atom. The van der Waals surface area contributed by atoms with Gasteiger partial charge < -0.3 is 4.74 Å². The Hall–Kier alpha value is -1.44. The highest BCUT2D eigenvalue weighted by atomic mass is 32.2. The molecule has 0 unspecified atom stereocenters. The van der Waals surface area contributed by atoms with Crippen molar-refractivity contribution < 1.29 is 17.9 Å². The van der Waals surface area contributed by atoms with Crippen LogP contribution in [0.5, 0.6) is 0 Å². The molecule has 0 radical (unpaired) electrons. The Balaban J connectivity index is 1.79. The van der Waals surface area contributed by atoms with Gasteiger partial charge in [0.25, 0.3) is 15.9 Å². The summed E-state index contributed by atoms with van der Waals surface area (Å²) < 4.78 is 33.8. The van der Waals surface area contributed by atoms with E-state index < -0.39 is 15.9 Å². The maximum atomic E-state index is 13.0. The van der Waals surface area contributed by atoms with Gasteiger partial charge in [0.2, 0.25) is 0 Å². The lowest BCUT2D eigenvalue weighted by Gasteiger charge is -2.34. The van der Waals surface area contributed by atoms with E-state index in [9.17, 15) is 13.2 Å². The number of hydrogen-bond acceptors (Lipinski definition) is 5. The lowest BCUT2D eigenvalue weighted by Crippen LogP contribution is -2.50. The molecule has 2 aliphatic rings. The Morgan fingerprint density at radius 3 is 2.50 bits per heavy atom. The number of nitrogens with one attached hydrogen (secondary N) is 1. The second kappa shape index (κ2) is 8.13. The fraction of sp³-hybridized carbons (Fsp3) is 0.667. The molecule has 7 heteroatoms. The van der Waals surface area contributed by atoms with E-state index in [1.807, 2.05) is 32.9 Å². The van der Waals surface area contributed by atoms with Crippen LogP contribution in [0.2, 0.25) is 0 Å². The van der Waals surface area contributed by atoms with Crippen molar-refractivity contribution in [3.63, 3.8) is 0 Å². The van der Waals surface area contributed by atoms with Crippen molar-refractivity contribution in [2.45, 2.75) is 75.8 Å². The molecule has 0 spiro atoms. The van der Waals surface area contributed by atoms with E-state index in [1.165, 1.54) is 0 Å². The summed E-state index contributed by atoms with van der Waals surface area (Å²) in [6.45, 7) is 10.1. The molecule has 0 aliphatic carbocycles. The lowest BCUT2D eigenvalue weighted by atomic mass is 9.87. The molecule has 2 aliphatic heterocycles. The number of sulfonamides is 1. The number of nitrogens with zero attached hydrogens (tertiary/aromatic N) is 1. The van der Waals surface area contributed by atoms with Crippen LogP contribution in [0.3, 0.4) is 0 Å². The van der Waals surface area contributed by atoms with Crippen LogP contribution in [0.4, 0.5) is 0 Å². The number of carbonyl (C=O) groups excluding carboxylic acids is 1. The molecule has 1 amide bonds. The number of rotatable bonds is 4. The molecule has 0 bridgehead atoms. The van der Waals surface area contributed by atoms with Gasteiger partial charge in [-0.2, -0.15) is 0 Å². The summed E-state index contributed by atoms with van der Waals surface area (Å²) in [7, 11) is -3.92. The SMILES string of the molecule is Cc1ccc(C(C)(C)C)cc1S(=O)(=O)NC(=O)[C@@H]1CCCN1C1CCOCC1. The molecule has 1 aromatic rings. The van der Waals surface area contributed by atoms with Crippen molar-refractivity contribution >= 4 is 15.9 Å². The fourth-order valence-electron chi connectivity index (χ4n) is 4.14. The summed E-state index contributed by atoms with van der Waals surface area (Å²) in [5.41, 5.74) is 1.39. The average Bonchev–Trinajstić information content (AvgIpc) is 3.11. The number of amides is 1. The number of ether oxygens (including phenoxy) is 1. The second-order valence-electron chi connectivity index (χ2n) is 8.94. The Labute approximate surface area is 168 Å². The first-order chi connectivity index (χ1) is 13.1. The van der Waals surface area contributed by atoms with E-state index >= 15 is 0 Å². The van der Waals surface area contributed by atoms with Gasteiger partial charge in [0.05, 0.1) is 10.9 Å². The van der Waals surface area contributed by atoms with E-state index in [0.717, 1.165) is 31.4 Å². The molecule has 2 saturated heterocycles. The van der Waals surface area contributed by atoms with Crippen molar-refractivity contribution in [2.24, 2.45) is 0 Å². The zero-order chi connectivity index (χ0) is 20.5.